The van der Waals surface area contributed by atoms with Crippen LogP contribution >= 0.6 is 0 Å². The number of aliphatic carboxylic acids is 6. The smallest absolute Gasteiger partial charge is 0.336 e. The molecule has 0 heterocycles. The number of unbranched alkanes of at least 4 members (excludes halogenated alkanes) is 2. The summed E-state index contributed by atoms with van der Waals surface area (Å²) in [5.41, 5.74) is 6.11. The first kappa shape index (κ1) is 59.4. The van der Waals surface area contributed by atoms with Gasteiger partial charge in [-0.05, 0) is 140 Å². The Balaban J connectivity index is 0.000000194. The normalized spacial score (nSPS) is 10.6. The molecule has 0 aliphatic heterocycles. The van der Waals surface area contributed by atoms with Crippen molar-refractivity contribution >= 4 is 90.8 Å². The van der Waals surface area contributed by atoms with Gasteiger partial charge in [0.05, 0.1) is 24.0 Å². The number of rotatable bonds is 22. The first-order valence-corrected chi connectivity index (χ1v) is 25.1. The van der Waals surface area contributed by atoms with Gasteiger partial charge in [-0.1, -0.05) is 133 Å². The first-order valence-electron chi connectivity index (χ1n) is 25.1. The van der Waals surface area contributed by atoms with Crippen molar-refractivity contribution in [2.45, 2.75) is 89.9 Å². The van der Waals surface area contributed by atoms with Crippen LogP contribution in [0.25, 0.3) is 43.1 Å². The Kier molecular flexibility index (Phi) is 22.6. The van der Waals surface area contributed by atoms with Crippen molar-refractivity contribution in [1.29, 1.82) is 0 Å². The molecule has 8 aromatic rings. The lowest BCUT2D eigenvalue weighted by atomic mass is 9.94. The van der Waals surface area contributed by atoms with Crippen molar-refractivity contribution in [2.75, 3.05) is 0 Å². The second-order valence-corrected chi connectivity index (χ2v) is 18.2. The lowest BCUT2D eigenvalue weighted by molar-refractivity contribution is -0.138. The summed E-state index contributed by atoms with van der Waals surface area (Å²) in [5, 5.41) is 77.6. The molecule has 0 spiro atoms. The van der Waals surface area contributed by atoms with Gasteiger partial charge in [-0.2, -0.15) is 0 Å². The molecule has 0 aliphatic carbocycles. The molecule has 8 aromatic carbocycles. The third-order valence-electron chi connectivity index (χ3n) is 12.8. The van der Waals surface area contributed by atoms with Crippen LogP contribution in [0, 0.1) is 0 Å². The van der Waals surface area contributed by atoms with Crippen LogP contribution in [0.15, 0.2) is 146 Å². The van der Waals surface area contributed by atoms with Gasteiger partial charge in [0.25, 0.3) is 0 Å². The van der Waals surface area contributed by atoms with Crippen molar-refractivity contribution in [1.82, 2.24) is 0 Å². The zero-order valence-electron chi connectivity index (χ0n) is 42.6. The van der Waals surface area contributed by atoms with Gasteiger partial charge in [-0.25, -0.2) is 9.59 Å². The summed E-state index contributed by atoms with van der Waals surface area (Å²) in [6, 6.07) is 43.9. The molecule has 0 fully saturated rings. The van der Waals surface area contributed by atoms with Gasteiger partial charge in [0, 0.05) is 25.7 Å². The monoisotopic (exact) mass is 1060 g/mol. The van der Waals surface area contributed by atoms with Crippen LogP contribution in [-0.2, 0) is 67.3 Å². The van der Waals surface area contributed by atoms with Gasteiger partial charge in [0.2, 0.25) is 0 Å². The molecule has 0 saturated carbocycles. The number of carbonyl (C=O) groups is 8. The van der Waals surface area contributed by atoms with E-state index in [1.165, 1.54) is 34.0 Å². The Bertz CT molecular complexity index is 3240. The van der Waals surface area contributed by atoms with Crippen molar-refractivity contribution < 1.29 is 79.2 Å². The predicted molar refractivity (Wildman–Crippen MR) is 295 cm³/mol. The van der Waals surface area contributed by atoms with Gasteiger partial charge in [0.1, 0.15) is 0 Å². The lowest BCUT2D eigenvalue weighted by Crippen LogP contribution is -2.04. The largest absolute Gasteiger partial charge is 0.481 e. The fourth-order valence-electron chi connectivity index (χ4n) is 9.12. The summed E-state index contributed by atoms with van der Waals surface area (Å²) < 4.78 is 0. The standard InChI is InChI=1S/C20H24O4.C16H16O4.C14H12O4.C12H8O4/c21-19(22)11-5-1-7-15-13-14-16(8-2-6-12-20(23)24)18-10-4-3-9-17(15)18;17-15(18)9-7-11-5-6-12(8-10-16(19)20)14-4-2-1-3-13(11)14;15-13(16)7-9-5-6-10(8-14(17)18)12-4-2-1-3-11(9)12;13-11(14)9-5-6-10(12(15)16)8-4-2-1-3-7(8)9/h3-4,9-10,13-14H,1-2,5-8,11-12H2,(H,21,22)(H,23,24);1-6H,7-10H2,(H,17,18)(H,19,20);1-6H,7-8H2,(H,15,16)(H,17,18);1-6H,(H,13,14)(H,15,16). The Morgan fingerprint density at radius 1 is 0.244 bits per heavy atom. The molecule has 0 radical (unpaired) electrons. The van der Waals surface area contributed by atoms with Crippen LogP contribution in [-0.4, -0.2) is 88.6 Å². The van der Waals surface area contributed by atoms with Crippen LogP contribution in [0.5, 0.6) is 0 Å². The van der Waals surface area contributed by atoms with E-state index in [1.807, 2.05) is 72.8 Å². The van der Waals surface area contributed by atoms with Gasteiger partial charge < -0.3 is 40.9 Å². The quantitative estimate of drug-likeness (QED) is 0.0293. The topological polar surface area (TPSA) is 298 Å². The van der Waals surface area contributed by atoms with E-state index in [1.54, 1.807) is 36.4 Å². The number of fused-ring (bicyclic) bond motifs is 4. The molecule has 0 atom stereocenters. The zero-order valence-corrected chi connectivity index (χ0v) is 42.6. The molecule has 0 aromatic heterocycles. The molecule has 8 N–H and O–H groups in total. The van der Waals surface area contributed by atoms with E-state index in [0.717, 1.165) is 58.4 Å². The summed E-state index contributed by atoms with van der Waals surface area (Å²) in [5.74, 6) is -7.03. The molecular weight excluding hydrogens is 1000 g/mol. The van der Waals surface area contributed by atoms with Crippen LogP contribution in [0.1, 0.15) is 105 Å². The first-order chi connectivity index (χ1) is 37.3. The van der Waals surface area contributed by atoms with Crippen LogP contribution in [0.4, 0.5) is 0 Å². The fraction of sp³-hybridized carbons (Fsp3) is 0.226. The highest BCUT2D eigenvalue weighted by atomic mass is 16.4. The average molecular weight is 1060 g/mol. The molecular formula is C62H60O16. The van der Waals surface area contributed by atoms with E-state index < -0.39 is 47.8 Å². The van der Waals surface area contributed by atoms with Crippen LogP contribution in [0.3, 0.4) is 0 Å². The number of benzene rings is 8. The lowest BCUT2D eigenvalue weighted by Gasteiger charge is -2.11. The number of carboxylic acid groups (broad SMARTS) is 8. The van der Waals surface area contributed by atoms with Gasteiger partial charge in [-0.3, -0.25) is 28.8 Å². The number of hydrogen-bond acceptors (Lipinski definition) is 8. The maximum Gasteiger partial charge on any atom is 0.336 e. The molecule has 78 heavy (non-hydrogen) atoms. The molecule has 8 rings (SSSR count). The fourth-order valence-corrected chi connectivity index (χ4v) is 9.12. The second kappa shape index (κ2) is 29.6. The summed E-state index contributed by atoms with van der Waals surface area (Å²) in [4.78, 5) is 86.0. The summed E-state index contributed by atoms with van der Waals surface area (Å²) in [6.07, 6.45) is 6.37. The summed E-state index contributed by atoms with van der Waals surface area (Å²) in [6.45, 7) is 0. The van der Waals surface area contributed by atoms with Crippen LogP contribution < -0.4 is 0 Å². The average Bonchev–Trinajstić information content (AvgIpc) is 3.44. The van der Waals surface area contributed by atoms with Crippen molar-refractivity contribution in [3.63, 3.8) is 0 Å². The molecule has 16 nitrogen and oxygen atoms in total. The second-order valence-electron chi connectivity index (χ2n) is 18.2. The van der Waals surface area contributed by atoms with Gasteiger partial charge in [0.15, 0.2) is 0 Å². The Morgan fingerprint density at radius 3 is 0.744 bits per heavy atom. The molecule has 0 saturated heterocycles. The van der Waals surface area contributed by atoms with Crippen LogP contribution in [0.2, 0.25) is 0 Å². The molecule has 0 amide bonds. The highest BCUT2D eigenvalue weighted by molar-refractivity contribution is 6.11. The Labute approximate surface area is 448 Å². The number of aryl methyl sites for hydroxylation is 4. The predicted octanol–water partition coefficient (Wildman–Crippen LogP) is 11.6. The third kappa shape index (κ3) is 17.9. The minimum absolute atomic E-state index is 0.0616. The van der Waals surface area contributed by atoms with E-state index in [9.17, 15) is 38.4 Å². The SMILES string of the molecule is O=C(O)CCCCc1ccc(CCCCC(=O)O)c2ccccc12.O=C(O)CCc1ccc(CCC(=O)O)c2ccccc12.O=C(O)Cc1ccc(CC(=O)O)c2ccccc12.O=C(O)c1ccc(C(=O)O)c2ccccc12. The summed E-state index contributed by atoms with van der Waals surface area (Å²) in [7, 11) is 0. The van der Waals surface area contributed by atoms with E-state index in [0.29, 0.717) is 47.6 Å². The molecule has 0 bridgehead atoms. The van der Waals surface area contributed by atoms with Gasteiger partial charge >= 0.3 is 47.8 Å². The van der Waals surface area contributed by atoms with Crippen molar-refractivity contribution in [2.24, 2.45) is 0 Å². The Morgan fingerprint density at radius 2 is 0.487 bits per heavy atom. The molecule has 16 heteroatoms. The number of hydrogen-bond donors (Lipinski definition) is 8. The van der Waals surface area contributed by atoms with Gasteiger partial charge in [-0.15, -0.1) is 0 Å². The van der Waals surface area contributed by atoms with Crippen molar-refractivity contribution in [3.8, 4) is 0 Å². The van der Waals surface area contributed by atoms with E-state index in [4.69, 9.17) is 40.9 Å². The minimum Gasteiger partial charge on any atom is -0.481 e. The highest BCUT2D eigenvalue weighted by Gasteiger charge is 2.15. The highest BCUT2D eigenvalue weighted by Crippen LogP contribution is 2.28. The minimum atomic E-state index is -1.06. The third-order valence-corrected chi connectivity index (χ3v) is 12.8. The van der Waals surface area contributed by atoms with E-state index >= 15 is 0 Å². The maximum atomic E-state index is 10.9. The molecule has 404 valence electrons. The molecule has 0 aliphatic rings. The zero-order chi connectivity index (χ0) is 56.7. The summed E-state index contributed by atoms with van der Waals surface area (Å²) >= 11 is 0. The van der Waals surface area contributed by atoms with E-state index in [2.05, 4.69) is 24.3 Å². The Hall–Kier alpha value is -9.44. The number of carboxylic acids is 8. The van der Waals surface area contributed by atoms with Crippen molar-refractivity contribution in [3.05, 3.63) is 190 Å². The number of aromatic carboxylic acids is 2. The molecule has 0 unspecified atom stereocenters. The maximum absolute atomic E-state index is 10.9. The van der Waals surface area contributed by atoms with E-state index in [-0.39, 0.29) is 49.7 Å².